The first kappa shape index (κ1) is 12.1. The topological polar surface area (TPSA) is 55.1 Å². The number of amides is 1. The lowest BCUT2D eigenvalue weighted by Gasteiger charge is -2.23. The lowest BCUT2D eigenvalue weighted by atomic mass is 9.96. The van der Waals surface area contributed by atoms with Crippen molar-refractivity contribution in [2.24, 2.45) is 11.7 Å². The van der Waals surface area contributed by atoms with Gasteiger partial charge in [-0.1, -0.05) is 0 Å². The fourth-order valence-corrected chi connectivity index (χ4v) is 1.61. The first-order chi connectivity index (χ1) is 7.09. The second-order valence-corrected chi connectivity index (χ2v) is 4.47. The first-order valence-electron chi connectivity index (χ1n) is 5.59. The van der Waals surface area contributed by atoms with Crippen molar-refractivity contribution in [1.82, 2.24) is 5.32 Å². The van der Waals surface area contributed by atoms with Gasteiger partial charge in [-0.15, -0.1) is 12.3 Å². The quantitative estimate of drug-likeness (QED) is 0.506. The molecule has 1 aliphatic carbocycles. The summed E-state index contributed by atoms with van der Waals surface area (Å²) in [6, 6.07) is 0. The Hall–Kier alpha value is -1.01. The van der Waals surface area contributed by atoms with E-state index in [0.717, 1.165) is 32.1 Å². The Morgan fingerprint density at radius 1 is 1.60 bits per heavy atom. The maximum Gasteiger partial charge on any atom is 0.240 e. The fraction of sp³-hybridized carbons (Fsp3) is 0.750. The molecule has 1 aliphatic rings. The van der Waals surface area contributed by atoms with Crippen molar-refractivity contribution in [2.75, 3.05) is 6.54 Å². The van der Waals surface area contributed by atoms with Crippen LogP contribution in [0.2, 0.25) is 0 Å². The summed E-state index contributed by atoms with van der Waals surface area (Å²) in [6.45, 7) is 2.50. The molecule has 0 aliphatic heterocycles. The molecular formula is C12H20N2O. The molecule has 1 rings (SSSR count). The van der Waals surface area contributed by atoms with Gasteiger partial charge in [-0.2, -0.15) is 0 Å². The van der Waals surface area contributed by atoms with Crippen molar-refractivity contribution >= 4 is 5.91 Å². The number of hydrogen-bond donors (Lipinski definition) is 2. The van der Waals surface area contributed by atoms with Crippen molar-refractivity contribution in [2.45, 2.75) is 44.6 Å². The van der Waals surface area contributed by atoms with E-state index in [1.165, 1.54) is 0 Å². The highest BCUT2D eigenvalue weighted by atomic mass is 16.2. The van der Waals surface area contributed by atoms with Crippen LogP contribution in [0, 0.1) is 18.3 Å². The fourth-order valence-electron chi connectivity index (χ4n) is 1.61. The average Bonchev–Trinajstić information content (AvgIpc) is 3.00. The molecule has 1 fully saturated rings. The van der Waals surface area contributed by atoms with Crippen LogP contribution in [0.4, 0.5) is 0 Å². The van der Waals surface area contributed by atoms with E-state index in [0.29, 0.717) is 12.5 Å². The highest BCUT2D eigenvalue weighted by Gasteiger charge is 2.43. The zero-order valence-corrected chi connectivity index (χ0v) is 9.38. The van der Waals surface area contributed by atoms with Crippen LogP contribution < -0.4 is 11.1 Å². The third kappa shape index (κ3) is 3.56. The summed E-state index contributed by atoms with van der Waals surface area (Å²) in [5.41, 5.74) is 5.29. The molecule has 0 saturated heterocycles. The van der Waals surface area contributed by atoms with Crippen LogP contribution in [0.15, 0.2) is 0 Å². The number of rotatable bonds is 6. The number of unbranched alkanes of at least 4 members (excludes halogenated alkanes) is 2. The Labute approximate surface area is 91.8 Å². The lowest BCUT2D eigenvalue weighted by molar-refractivity contribution is -0.126. The monoisotopic (exact) mass is 208 g/mol. The molecule has 0 aromatic rings. The molecule has 1 saturated carbocycles. The molecule has 15 heavy (non-hydrogen) atoms. The van der Waals surface area contributed by atoms with E-state index in [4.69, 9.17) is 12.2 Å². The average molecular weight is 208 g/mol. The minimum Gasteiger partial charge on any atom is -0.355 e. The third-order valence-corrected chi connectivity index (χ3v) is 2.95. The van der Waals surface area contributed by atoms with Gasteiger partial charge in [-0.3, -0.25) is 4.79 Å². The molecule has 3 N–H and O–H groups in total. The molecule has 0 spiro atoms. The Morgan fingerprint density at radius 2 is 2.27 bits per heavy atom. The summed E-state index contributed by atoms with van der Waals surface area (Å²) >= 11 is 0. The maximum atomic E-state index is 11.7. The smallest absolute Gasteiger partial charge is 0.240 e. The van der Waals surface area contributed by atoms with E-state index in [-0.39, 0.29) is 5.91 Å². The minimum atomic E-state index is -0.674. The maximum absolute atomic E-state index is 11.7. The highest BCUT2D eigenvalue weighted by Crippen LogP contribution is 2.38. The molecule has 84 valence electrons. The van der Waals surface area contributed by atoms with E-state index in [9.17, 15) is 4.79 Å². The lowest BCUT2D eigenvalue weighted by Crippen LogP contribution is -2.53. The number of nitrogens with two attached hydrogens (primary N) is 1. The van der Waals surface area contributed by atoms with Crippen molar-refractivity contribution in [3.05, 3.63) is 0 Å². The molecule has 3 heteroatoms. The van der Waals surface area contributed by atoms with Crippen molar-refractivity contribution < 1.29 is 4.79 Å². The van der Waals surface area contributed by atoms with E-state index in [1.54, 1.807) is 0 Å². The summed E-state index contributed by atoms with van der Waals surface area (Å²) in [4.78, 5) is 11.7. The zero-order chi connectivity index (χ0) is 11.3. The van der Waals surface area contributed by atoms with Gasteiger partial charge in [0.05, 0.1) is 5.54 Å². The van der Waals surface area contributed by atoms with E-state index in [1.807, 2.05) is 6.92 Å². The molecule has 0 heterocycles. The number of carbonyl (C=O) groups is 1. The predicted octanol–water partition coefficient (Wildman–Crippen LogP) is 1.03. The number of carbonyl (C=O) groups excluding carboxylic acids is 1. The summed E-state index contributed by atoms with van der Waals surface area (Å²) in [6.07, 6.45) is 9.96. The van der Waals surface area contributed by atoms with Gasteiger partial charge in [0.25, 0.3) is 0 Å². The number of nitrogens with one attached hydrogen (secondary N) is 1. The van der Waals surface area contributed by atoms with Gasteiger partial charge in [0, 0.05) is 13.0 Å². The van der Waals surface area contributed by atoms with Crippen LogP contribution in [-0.4, -0.2) is 18.0 Å². The second kappa shape index (κ2) is 5.18. The standard InChI is InChI=1S/C12H20N2O/c1-3-4-5-6-9-14-11(15)12(2,13)10-7-8-10/h1,10H,4-9,13H2,2H3,(H,14,15). The minimum absolute atomic E-state index is 0.0225. The summed E-state index contributed by atoms with van der Waals surface area (Å²) < 4.78 is 0. The van der Waals surface area contributed by atoms with Crippen LogP contribution in [-0.2, 0) is 4.79 Å². The Balaban J connectivity index is 2.15. The highest BCUT2D eigenvalue weighted by molar-refractivity contribution is 5.86. The molecule has 1 atom stereocenters. The number of hydrogen-bond acceptors (Lipinski definition) is 2. The van der Waals surface area contributed by atoms with Crippen molar-refractivity contribution in [1.29, 1.82) is 0 Å². The van der Waals surface area contributed by atoms with Crippen molar-refractivity contribution in [3.8, 4) is 12.3 Å². The molecule has 0 bridgehead atoms. The summed E-state index contributed by atoms with van der Waals surface area (Å²) in [5, 5.41) is 2.87. The van der Waals surface area contributed by atoms with Gasteiger partial charge in [-0.25, -0.2) is 0 Å². The number of terminal acetylenes is 1. The van der Waals surface area contributed by atoms with Crippen molar-refractivity contribution in [3.63, 3.8) is 0 Å². The Morgan fingerprint density at radius 3 is 2.80 bits per heavy atom. The van der Waals surface area contributed by atoms with Gasteiger partial charge in [0.15, 0.2) is 0 Å². The first-order valence-corrected chi connectivity index (χ1v) is 5.59. The molecule has 0 aromatic heterocycles. The van der Waals surface area contributed by atoms with Gasteiger partial charge in [0.2, 0.25) is 5.91 Å². The van der Waals surface area contributed by atoms with E-state index < -0.39 is 5.54 Å². The second-order valence-electron chi connectivity index (χ2n) is 4.47. The van der Waals surface area contributed by atoms with E-state index in [2.05, 4.69) is 11.2 Å². The van der Waals surface area contributed by atoms with Gasteiger partial charge in [-0.05, 0) is 38.5 Å². The van der Waals surface area contributed by atoms with Gasteiger partial charge in [0.1, 0.15) is 0 Å². The van der Waals surface area contributed by atoms with Crippen LogP contribution in [0.3, 0.4) is 0 Å². The van der Waals surface area contributed by atoms with Crippen LogP contribution in [0.5, 0.6) is 0 Å². The van der Waals surface area contributed by atoms with Gasteiger partial charge >= 0.3 is 0 Å². The third-order valence-electron chi connectivity index (χ3n) is 2.95. The largest absolute Gasteiger partial charge is 0.355 e. The predicted molar refractivity (Wildman–Crippen MR) is 61.0 cm³/mol. The van der Waals surface area contributed by atoms with Crippen LogP contribution >= 0.6 is 0 Å². The SMILES string of the molecule is C#CCCCCNC(=O)C(C)(N)C1CC1. The Kier molecular flexibility index (Phi) is 4.16. The molecular weight excluding hydrogens is 188 g/mol. The normalized spacial score (nSPS) is 19.0. The Bertz CT molecular complexity index is 261. The van der Waals surface area contributed by atoms with Crippen LogP contribution in [0.1, 0.15) is 39.0 Å². The van der Waals surface area contributed by atoms with E-state index >= 15 is 0 Å². The molecule has 0 radical (unpaired) electrons. The summed E-state index contributed by atoms with van der Waals surface area (Å²) in [7, 11) is 0. The molecule has 0 aromatic carbocycles. The molecule has 3 nitrogen and oxygen atoms in total. The zero-order valence-electron chi connectivity index (χ0n) is 9.38. The summed E-state index contributed by atoms with van der Waals surface area (Å²) in [5.74, 6) is 2.93. The molecule has 1 unspecified atom stereocenters. The van der Waals surface area contributed by atoms with Crippen LogP contribution in [0.25, 0.3) is 0 Å². The molecule has 1 amide bonds. The van der Waals surface area contributed by atoms with Gasteiger partial charge < -0.3 is 11.1 Å².